The third-order valence-corrected chi connectivity index (χ3v) is 14.6. The summed E-state index contributed by atoms with van der Waals surface area (Å²) in [6.45, 7) is 0.664. The van der Waals surface area contributed by atoms with Crippen molar-refractivity contribution < 1.29 is 66.8 Å². The summed E-state index contributed by atoms with van der Waals surface area (Å²) in [7, 11) is 2.80. The van der Waals surface area contributed by atoms with Gasteiger partial charge in [0, 0.05) is 20.1 Å². The lowest BCUT2D eigenvalue weighted by atomic mass is 9.88. The topological polar surface area (TPSA) is 218 Å². The van der Waals surface area contributed by atoms with Crippen LogP contribution in [0.3, 0.4) is 0 Å². The third-order valence-electron chi connectivity index (χ3n) is 13.1. The second-order valence-corrected chi connectivity index (χ2v) is 17.2. The van der Waals surface area contributed by atoms with Crippen molar-refractivity contribution in [2.24, 2.45) is 0 Å². The van der Waals surface area contributed by atoms with E-state index < -0.39 is 110 Å². The van der Waals surface area contributed by atoms with Gasteiger partial charge in [-0.05, 0) is 63.1 Å². The zero-order valence-electron chi connectivity index (χ0n) is 35.4. The van der Waals surface area contributed by atoms with E-state index in [0.29, 0.717) is 31.2 Å². The van der Waals surface area contributed by atoms with Gasteiger partial charge in [-0.3, -0.25) is 39.2 Å². The van der Waals surface area contributed by atoms with Crippen LogP contribution in [0.15, 0.2) is 33.2 Å². The Kier molecular flexibility index (Phi) is 9.96. The van der Waals surface area contributed by atoms with Gasteiger partial charge in [0.25, 0.3) is 22.7 Å². The van der Waals surface area contributed by atoms with Crippen LogP contribution in [0.25, 0.3) is 0 Å². The summed E-state index contributed by atoms with van der Waals surface area (Å²) >= 11 is 7.12. The number of nitrogens with zero attached hydrogens (tertiary/aromatic N) is 8. The van der Waals surface area contributed by atoms with Crippen LogP contribution in [-0.4, -0.2) is 164 Å². The Hall–Kier alpha value is -6.04. The van der Waals surface area contributed by atoms with Gasteiger partial charge in [-0.25, -0.2) is 38.4 Å². The fraction of sp³-hybridized carbons (Fsp3) is 0.500. The summed E-state index contributed by atoms with van der Waals surface area (Å²) in [5.41, 5.74) is -9.73. The van der Waals surface area contributed by atoms with Crippen LogP contribution in [-0.2, 0) is 64.3 Å². The molecule has 24 heteroatoms. The third kappa shape index (κ3) is 4.68. The Bertz CT molecular complexity index is 2330. The second-order valence-electron chi connectivity index (χ2n) is 15.5. The first-order valence-electron chi connectivity index (χ1n) is 20.4. The van der Waals surface area contributed by atoms with Crippen LogP contribution < -0.4 is 9.47 Å². The molecule has 7 aliphatic heterocycles. The molecule has 7 aliphatic rings. The van der Waals surface area contributed by atoms with Gasteiger partial charge in [0.2, 0.25) is 0 Å². The van der Waals surface area contributed by atoms with Gasteiger partial charge in [-0.15, -0.1) is 0 Å². The summed E-state index contributed by atoms with van der Waals surface area (Å²) in [6, 6.07) is 2.19. The minimum atomic E-state index is -2.89. The van der Waals surface area contributed by atoms with E-state index in [-0.39, 0.29) is 37.9 Å². The Labute approximate surface area is 381 Å². The Balaban J connectivity index is 1.39. The number of benzene rings is 2. The summed E-state index contributed by atoms with van der Waals surface area (Å²) in [5, 5.41) is 0. The molecule has 0 N–H and O–H groups in total. The highest BCUT2D eigenvalue weighted by atomic mass is 79.9. The van der Waals surface area contributed by atoms with Crippen molar-refractivity contribution in [2.75, 3.05) is 54.0 Å². The largest absolute Gasteiger partial charge is 0.496 e. The molecule has 8 amide bonds. The number of fused-ring (bicyclic) bond motifs is 2. The fourth-order valence-corrected chi connectivity index (χ4v) is 11.8. The van der Waals surface area contributed by atoms with E-state index in [1.165, 1.54) is 41.9 Å². The first-order chi connectivity index (χ1) is 30.6. The molecule has 5 saturated heterocycles. The molecule has 7 heterocycles. The molecular weight excluding hydrogens is 976 g/mol. The quantitative estimate of drug-likeness (QED) is 0.247. The maximum atomic E-state index is 15.8. The maximum absolute atomic E-state index is 15.8. The van der Waals surface area contributed by atoms with Crippen molar-refractivity contribution in [1.29, 1.82) is 0 Å². The number of rotatable bonds is 10. The molecule has 0 aromatic heterocycles. The SMILES string of the molecule is CCOC(=O)[C@]12N3CN4C(=O)N5Cc6c(OC)ccc(Br)c6CN6C(=O)N(CN1C(=O)N1Cc7c(OC)ccc(Br)c7CN(C3=O)[C@]12C(=O)OCC)[C@]4(C(=O)OCC)[C@]65C(=O)OCC. The molecule has 0 unspecified atom stereocenters. The zero-order valence-corrected chi connectivity index (χ0v) is 38.6. The highest BCUT2D eigenvalue weighted by Gasteiger charge is 2.93. The second kappa shape index (κ2) is 14.8. The summed E-state index contributed by atoms with van der Waals surface area (Å²) < 4.78 is 35.3. The van der Waals surface area contributed by atoms with Gasteiger partial charge in [0.15, 0.2) is 0 Å². The normalized spacial score (nSPS) is 27.0. The number of halogens is 2. The van der Waals surface area contributed by atoms with Gasteiger partial charge in [0.1, 0.15) is 24.8 Å². The predicted molar refractivity (Wildman–Crippen MR) is 220 cm³/mol. The highest BCUT2D eigenvalue weighted by Crippen LogP contribution is 2.62. The van der Waals surface area contributed by atoms with Gasteiger partial charge in [-0.1, -0.05) is 31.9 Å². The number of carbonyl (C=O) groups excluding carboxylic acids is 8. The standard InChI is InChI=1S/C40H42Br2N8O14/c1-7-61-29(51)37-39(31(53)63-9-3)47-19-50-36(58)46-18-24-22(26(42)12-14-28(24)60-6)16-44-34(56)48(40(50,32(54)64-10-4)38(44,46)30(52)62-8-2)20-49(39)35(57)45(37)17-23-21(15-43(37)33(47)55)25(41)11-13-27(23)59-5/h11-14H,7-10,15-20H2,1-6H3/t37-,38-,39+,40+/m1/s1. The van der Waals surface area contributed by atoms with Crippen LogP contribution >= 0.6 is 31.9 Å². The number of urea groups is 4. The van der Waals surface area contributed by atoms with Gasteiger partial charge < -0.3 is 28.4 Å². The summed E-state index contributed by atoms with van der Waals surface area (Å²) in [6.07, 6.45) is 0. The lowest BCUT2D eigenvalue weighted by Crippen LogP contribution is -2.81. The van der Waals surface area contributed by atoms with Gasteiger partial charge >= 0.3 is 48.0 Å². The molecule has 2 aromatic carbocycles. The van der Waals surface area contributed by atoms with Crippen LogP contribution in [0, 0.1) is 0 Å². The van der Waals surface area contributed by atoms with Crippen molar-refractivity contribution in [2.45, 2.75) is 76.5 Å². The van der Waals surface area contributed by atoms with Crippen molar-refractivity contribution in [3.63, 3.8) is 0 Å². The van der Waals surface area contributed by atoms with E-state index in [0.717, 1.165) is 39.2 Å². The van der Waals surface area contributed by atoms with Crippen molar-refractivity contribution in [1.82, 2.24) is 39.2 Å². The Morgan fingerprint density at radius 1 is 0.453 bits per heavy atom. The number of methoxy groups -OCH3 is 2. The Morgan fingerprint density at radius 2 is 0.703 bits per heavy atom. The molecule has 0 aliphatic carbocycles. The minimum Gasteiger partial charge on any atom is -0.496 e. The minimum absolute atomic E-state index is 0.273. The molecule has 2 aromatic rings. The molecule has 0 spiro atoms. The first kappa shape index (κ1) is 43.2. The van der Waals surface area contributed by atoms with Crippen molar-refractivity contribution in [3.8, 4) is 11.5 Å². The molecule has 4 atom stereocenters. The lowest BCUT2D eigenvalue weighted by Gasteiger charge is -2.51. The molecule has 0 bridgehead atoms. The van der Waals surface area contributed by atoms with Crippen molar-refractivity contribution in [3.05, 3.63) is 55.5 Å². The summed E-state index contributed by atoms with van der Waals surface area (Å²) in [5.74, 6) is -4.49. The first-order valence-corrected chi connectivity index (χ1v) is 22.0. The number of amides is 8. The predicted octanol–water partition coefficient (Wildman–Crippen LogP) is 2.87. The van der Waals surface area contributed by atoms with E-state index in [9.17, 15) is 0 Å². The van der Waals surface area contributed by atoms with Crippen LogP contribution in [0.1, 0.15) is 49.9 Å². The average molecular weight is 1020 g/mol. The van der Waals surface area contributed by atoms with Crippen LogP contribution in [0.5, 0.6) is 11.5 Å². The molecule has 5 fully saturated rings. The smallest absolute Gasteiger partial charge is 0.359 e. The highest BCUT2D eigenvalue weighted by molar-refractivity contribution is 9.10. The number of carbonyl (C=O) groups is 8. The molecule has 64 heavy (non-hydrogen) atoms. The average Bonchev–Trinajstić information content (AvgIpc) is 3.63. The maximum Gasteiger partial charge on any atom is 0.359 e. The van der Waals surface area contributed by atoms with Crippen molar-refractivity contribution >= 4 is 79.9 Å². The Morgan fingerprint density at radius 3 is 0.953 bits per heavy atom. The van der Waals surface area contributed by atoms with E-state index in [1.54, 1.807) is 24.3 Å². The summed E-state index contributed by atoms with van der Waals surface area (Å²) in [4.78, 5) is 131. The molecule has 9 rings (SSSR count). The van der Waals surface area contributed by atoms with E-state index >= 15 is 38.4 Å². The lowest BCUT2D eigenvalue weighted by molar-refractivity contribution is -0.209. The number of ether oxygens (including phenoxy) is 6. The van der Waals surface area contributed by atoms with Crippen LogP contribution in [0.4, 0.5) is 19.2 Å². The van der Waals surface area contributed by atoms with Gasteiger partial charge in [0.05, 0.1) is 66.8 Å². The number of hydrogen-bond acceptors (Lipinski definition) is 14. The number of hydrogen-bond donors (Lipinski definition) is 0. The van der Waals surface area contributed by atoms with E-state index in [2.05, 4.69) is 31.9 Å². The van der Waals surface area contributed by atoms with E-state index in [1.807, 2.05) is 0 Å². The molecule has 0 radical (unpaired) electrons. The zero-order chi connectivity index (χ0) is 46.0. The number of esters is 4. The fourth-order valence-electron chi connectivity index (χ4n) is 10.8. The molecular formula is C40H42Br2N8O14. The molecule has 22 nitrogen and oxygen atoms in total. The molecule has 0 saturated carbocycles. The van der Waals surface area contributed by atoms with Crippen LogP contribution in [0.2, 0.25) is 0 Å². The monoisotopic (exact) mass is 1020 g/mol. The van der Waals surface area contributed by atoms with E-state index in [4.69, 9.17) is 28.4 Å². The molecule has 340 valence electrons. The van der Waals surface area contributed by atoms with Gasteiger partial charge in [-0.2, -0.15) is 0 Å².